The summed E-state index contributed by atoms with van der Waals surface area (Å²) in [5.74, 6) is 3.32. The first-order valence-electron chi connectivity index (χ1n) is 12.8. The molecule has 0 amide bonds. The third kappa shape index (κ3) is 3.62. The highest BCUT2D eigenvalue weighted by molar-refractivity contribution is 6.12. The number of aldehydes is 1. The fourth-order valence-electron chi connectivity index (χ4n) is 8.05. The average Bonchev–Trinajstić information content (AvgIpc) is 3.11. The molecule has 0 saturated heterocycles. The van der Waals surface area contributed by atoms with Crippen LogP contribution in [0.1, 0.15) is 79.6 Å². The summed E-state index contributed by atoms with van der Waals surface area (Å²) in [6.45, 7) is 11.5. The lowest BCUT2D eigenvalue weighted by molar-refractivity contribution is -0.116. The second-order valence-corrected chi connectivity index (χ2v) is 12.0. The molecule has 0 radical (unpaired) electrons. The van der Waals surface area contributed by atoms with Gasteiger partial charge in [-0.05, 0) is 104 Å². The second-order valence-electron chi connectivity index (χ2n) is 12.0. The molecule has 4 rings (SSSR count). The smallest absolute Gasteiger partial charge is 0.178 e. The average molecular weight is 440 g/mol. The van der Waals surface area contributed by atoms with Crippen LogP contribution in [0.4, 0.5) is 0 Å². The minimum Gasteiger partial charge on any atom is -0.411 e. The topological polar surface area (TPSA) is 66.7 Å². The van der Waals surface area contributed by atoms with Crippen molar-refractivity contribution in [1.82, 2.24) is 0 Å². The molecule has 4 aliphatic carbocycles. The van der Waals surface area contributed by atoms with Crippen LogP contribution in [0, 0.1) is 52.3 Å². The minimum atomic E-state index is -0.242. The number of ketones is 1. The third-order valence-electron chi connectivity index (χ3n) is 10.4. The molecule has 4 nitrogen and oxygen atoms in total. The Hall–Kier alpha value is -1.71. The molecule has 3 saturated carbocycles. The van der Waals surface area contributed by atoms with E-state index in [4.69, 9.17) is 0 Å². The Balaban J connectivity index is 1.59. The number of rotatable bonds is 6. The summed E-state index contributed by atoms with van der Waals surface area (Å²) in [4.78, 5) is 24.3. The number of carbonyl (C=O) groups is 2. The molecule has 0 aromatic rings. The largest absolute Gasteiger partial charge is 0.411 e. The normalized spacial score (nSPS) is 41.6. The van der Waals surface area contributed by atoms with E-state index in [1.165, 1.54) is 6.29 Å². The van der Waals surface area contributed by atoms with E-state index < -0.39 is 0 Å². The van der Waals surface area contributed by atoms with E-state index in [2.05, 4.69) is 45.9 Å². The van der Waals surface area contributed by atoms with Crippen molar-refractivity contribution in [2.24, 2.45) is 57.4 Å². The van der Waals surface area contributed by atoms with Crippen molar-refractivity contribution in [2.45, 2.75) is 79.6 Å². The number of carbonyl (C=O) groups excluding carboxylic acids is 2. The van der Waals surface area contributed by atoms with Gasteiger partial charge in [0.25, 0.3) is 0 Å². The van der Waals surface area contributed by atoms with Gasteiger partial charge in [0.15, 0.2) is 5.78 Å². The molecule has 0 aromatic carbocycles. The molecular weight excluding hydrogens is 398 g/mol. The highest BCUT2D eigenvalue weighted by atomic mass is 16.4. The van der Waals surface area contributed by atoms with Gasteiger partial charge in [0.05, 0.1) is 5.71 Å². The van der Waals surface area contributed by atoms with Crippen LogP contribution in [-0.2, 0) is 9.59 Å². The number of nitrogens with zero attached hydrogens (tertiary/aromatic N) is 1. The maximum absolute atomic E-state index is 12.2. The van der Waals surface area contributed by atoms with Crippen LogP contribution in [0.25, 0.3) is 0 Å². The van der Waals surface area contributed by atoms with E-state index in [9.17, 15) is 14.8 Å². The van der Waals surface area contributed by atoms with Crippen LogP contribution in [0.3, 0.4) is 0 Å². The van der Waals surface area contributed by atoms with E-state index in [0.29, 0.717) is 41.2 Å². The standard InChI is InChI=1S/C28H41NO3/c1-17(2)18(3)6-7-19(16-30)22-8-9-23-21-15-26(29-32)25-14-20(31)10-12-28(25,5)24(21)11-13-27(22,23)4/h10,12,14,16-19,21-24,32H,6-9,11,13,15H2,1-5H3/b29-26+/t18?,19-,21-,22+,23-,24-,27+,28+/m0/s1. The Bertz CT molecular complexity index is 855. The first-order chi connectivity index (χ1) is 15.2. The molecule has 0 aromatic heterocycles. The van der Waals surface area contributed by atoms with E-state index in [1.54, 1.807) is 12.2 Å². The lowest BCUT2D eigenvalue weighted by atomic mass is 9.47. The van der Waals surface area contributed by atoms with Crippen molar-refractivity contribution in [3.8, 4) is 0 Å². The van der Waals surface area contributed by atoms with Crippen molar-refractivity contribution in [3.63, 3.8) is 0 Å². The van der Waals surface area contributed by atoms with Crippen LogP contribution < -0.4 is 0 Å². The van der Waals surface area contributed by atoms with Crippen molar-refractivity contribution in [2.75, 3.05) is 0 Å². The Morgan fingerprint density at radius 1 is 1.16 bits per heavy atom. The Labute approximate surface area is 193 Å². The molecule has 32 heavy (non-hydrogen) atoms. The molecule has 0 bridgehead atoms. The van der Waals surface area contributed by atoms with Crippen molar-refractivity contribution >= 4 is 17.8 Å². The van der Waals surface area contributed by atoms with Gasteiger partial charge in [-0.25, -0.2) is 0 Å². The summed E-state index contributed by atoms with van der Waals surface area (Å²) >= 11 is 0. The summed E-state index contributed by atoms with van der Waals surface area (Å²) in [7, 11) is 0. The molecule has 8 atom stereocenters. The second kappa shape index (κ2) is 8.57. The molecule has 4 heteroatoms. The number of hydrogen-bond donors (Lipinski definition) is 1. The van der Waals surface area contributed by atoms with Crippen LogP contribution in [-0.4, -0.2) is 23.0 Å². The molecule has 1 unspecified atom stereocenters. The van der Waals surface area contributed by atoms with Crippen molar-refractivity contribution in [1.29, 1.82) is 0 Å². The first kappa shape index (κ1) is 23.4. The summed E-state index contributed by atoms with van der Waals surface area (Å²) in [5, 5.41) is 13.5. The van der Waals surface area contributed by atoms with Crippen LogP contribution in [0.5, 0.6) is 0 Å². The zero-order chi connectivity index (χ0) is 23.3. The summed E-state index contributed by atoms with van der Waals surface area (Å²) in [5.41, 5.74) is 1.53. The zero-order valence-corrected chi connectivity index (χ0v) is 20.5. The molecular formula is C28H41NO3. The molecule has 0 aliphatic heterocycles. The predicted octanol–water partition coefficient (Wildman–Crippen LogP) is 6.24. The van der Waals surface area contributed by atoms with Crippen molar-refractivity contribution < 1.29 is 14.8 Å². The maximum atomic E-state index is 12.2. The first-order valence-corrected chi connectivity index (χ1v) is 12.8. The molecule has 3 fully saturated rings. The zero-order valence-electron chi connectivity index (χ0n) is 20.5. The number of hydrogen-bond acceptors (Lipinski definition) is 4. The van der Waals surface area contributed by atoms with Gasteiger partial charge in [-0.2, -0.15) is 0 Å². The molecule has 0 spiro atoms. The van der Waals surface area contributed by atoms with Crippen LogP contribution in [0.15, 0.2) is 29.0 Å². The fourth-order valence-corrected chi connectivity index (χ4v) is 8.05. The highest BCUT2D eigenvalue weighted by Gasteiger charge is 2.60. The molecule has 0 heterocycles. The van der Waals surface area contributed by atoms with E-state index >= 15 is 0 Å². The van der Waals surface area contributed by atoms with Gasteiger partial charge in [0.1, 0.15) is 6.29 Å². The van der Waals surface area contributed by atoms with Gasteiger partial charge in [-0.1, -0.05) is 45.9 Å². The van der Waals surface area contributed by atoms with Gasteiger partial charge in [-0.15, -0.1) is 0 Å². The number of allylic oxidation sites excluding steroid dienone is 4. The Morgan fingerprint density at radius 2 is 1.91 bits per heavy atom. The monoisotopic (exact) mass is 439 g/mol. The lowest BCUT2D eigenvalue weighted by Crippen LogP contribution is -2.52. The third-order valence-corrected chi connectivity index (χ3v) is 10.4. The quantitative estimate of drug-likeness (QED) is 0.303. The number of fused-ring (bicyclic) bond motifs is 5. The highest BCUT2D eigenvalue weighted by Crippen LogP contribution is 2.66. The number of oxime groups is 1. The molecule has 4 aliphatic rings. The SMILES string of the molecule is CC(C)C(C)CC[C@@H](C=O)[C@H]1CC[C@H]2[C@@H]3C/C(=N\O)C4=CC(=O)C=C[C@]4(C)[C@H]3CC[C@]12C. The van der Waals surface area contributed by atoms with E-state index in [0.717, 1.165) is 50.5 Å². The fraction of sp³-hybridized carbons (Fsp3) is 0.750. The summed E-state index contributed by atoms with van der Waals surface area (Å²) in [6, 6.07) is 0. The van der Waals surface area contributed by atoms with Gasteiger partial charge >= 0.3 is 0 Å². The van der Waals surface area contributed by atoms with E-state index in [1.807, 2.05) is 0 Å². The van der Waals surface area contributed by atoms with E-state index in [-0.39, 0.29) is 22.5 Å². The van der Waals surface area contributed by atoms with Gasteiger partial charge in [0.2, 0.25) is 0 Å². The predicted molar refractivity (Wildman–Crippen MR) is 128 cm³/mol. The van der Waals surface area contributed by atoms with Gasteiger partial charge in [0, 0.05) is 11.3 Å². The summed E-state index contributed by atoms with van der Waals surface area (Å²) in [6.07, 6.45) is 14.1. The van der Waals surface area contributed by atoms with Crippen LogP contribution >= 0.6 is 0 Å². The molecule has 176 valence electrons. The van der Waals surface area contributed by atoms with Gasteiger partial charge in [-0.3, -0.25) is 4.79 Å². The summed E-state index contributed by atoms with van der Waals surface area (Å²) < 4.78 is 0. The Morgan fingerprint density at radius 3 is 2.56 bits per heavy atom. The minimum absolute atomic E-state index is 0.0110. The van der Waals surface area contributed by atoms with Crippen molar-refractivity contribution in [3.05, 3.63) is 23.8 Å². The lowest BCUT2D eigenvalue weighted by Gasteiger charge is -2.57. The van der Waals surface area contributed by atoms with Crippen LogP contribution in [0.2, 0.25) is 0 Å². The van der Waals surface area contributed by atoms with Gasteiger partial charge < -0.3 is 10.0 Å². The molecule has 1 N–H and O–H groups in total. The maximum Gasteiger partial charge on any atom is 0.178 e. The Kier molecular flexibility index (Phi) is 6.28.